The van der Waals surface area contributed by atoms with Crippen molar-refractivity contribution in [3.63, 3.8) is 0 Å². The summed E-state index contributed by atoms with van der Waals surface area (Å²) in [6.45, 7) is 3.75. The molecule has 55 valence electrons. The largest absolute Gasteiger partial charge is 0.386 e. The fourth-order valence-electron chi connectivity index (χ4n) is 0.622. The van der Waals surface area contributed by atoms with Gasteiger partial charge in [0, 0.05) is 0 Å². The Morgan fingerprint density at radius 3 is 2.56 bits per heavy atom. The lowest BCUT2D eigenvalue weighted by Gasteiger charge is -1.95. The second-order valence-corrected chi connectivity index (χ2v) is 3.03. The van der Waals surface area contributed by atoms with Crippen LogP contribution >= 0.6 is 11.8 Å². The highest BCUT2D eigenvalue weighted by Crippen LogP contribution is 2.05. The van der Waals surface area contributed by atoms with Gasteiger partial charge < -0.3 is 5.11 Å². The highest BCUT2D eigenvalue weighted by Gasteiger charge is 1.86. The molecule has 0 atom stereocenters. The summed E-state index contributed by atoms with van der Waals surface area (Å²) < 4.78 is 0. The van der Waals surface area contributed by atoms with Gasteiger partial charge in [-0.2, -0.15) is 0 Å². The molecule has 0 aromatic carbocycles. The van der Waals surface area contributed by atoms with Crippen LogP contribution in [0.1, 0.15) is 25.7 Å². The minimum Gasteiger partial charge on any atom is -0.386 e. The standard InChI is InChI=1S/C7H15OS/c1-2-3-4-5-6-9-7-8/h8H,1-7H2. The fraction of sp³-hybridized carbons (Fsp3) is 0.857. The van der Waals surface area contributed by atoms with E-state index in [-0.39, 0.29) is 5.94 Å². The lowest BCUT2D eigenvalue weighted by atomic mass is 10.2. The smallest absolute Gasteiger partial charge is 0.0885 e. The number of unbranched alkanes of at least 4 members (excludes halogenated alkanes) is 3. The molecule has 0 aliphatic heterocycles. The van der Waals surface area contributed by atoms with Gasteiger partial charge in [-0.25, -0.2) is 0 Å². The molecule has 0 spiro atoms. The quantitative estimate of drug-likeness (QED) is 0.458. The van der Waals surface area contributed by atoms with Crippen LogP contribution < -0.4 is 0 Å². The molecule has 0 aromatic heterocycles. The number of aliphatic hydroxyl groups excluding tert-OH is 1. The molecule has 0 heterocycles. The summed E-state index contributed by atoms with van der Waals surface area (Å²) in [5.74, 6) is 1.36. The van der Waals surface area contributed by atoms with Gasteiger partial charge in [0.25, 0.3) is 0 Å². The molecule has 9 heavy (non-hydrogen) atoms. The average Bonchev–Trinajstić information content (AvgIpc) is 1.89. The Bertz CT molecular complexity index is 42.2. The SMILES string of the molecule is [CH2]CCCCCSCO. The third kappa shape index (κ3) is 8.31. The van der Waals surface area contributed by atoms with Crippen LogP contribution in [0.15, 0.2) is 0 Å². The van der Waals surface area contributed by atoms with E-state index in [0.717, 1.165) is 12.2 Å². The zero-order chi connectivity index (χ0) is 6.95. The van der Waals surface area contributed by atoms with E-state index in [1.54, 1.807) is 11.8 Å². The Labute approximate surface area is 61.8 Å². The van der Waals surface area contributed by atoms with Gasteiger partial charge in [0.15, 0.2) is 0 Å². The number of hydrogen-bond acceptors (Lipinski definition) is 2. The van der Waals surface area contributed by atoms with E-state index in [9.17, 15) is 0 Å². The first-order valence-electron chi connectivity index (χ1n) is 3.39. The molecule has 0 rings (SSSR count). The van der Waals surface area contributed by atoms with Crippen LogP contribution in [-0.4, -0.2) is 16.8 Å². The maximum atomic E-state index is 8.37. The number of thioether (sulfide) groups is 1. The van der Waals surface area contributed by atoms with Crippen LogP contribution in [-0.2, 0) is 0 Å². The molecule has 0 aromatic rings. The zero-order valence-electron chi connectivity index (χ0n) is 5.81. The van der Waals surface area contributed by atoms with Gasteiger partial charge >= 0.3 is 0 Å². The van der Waals surface area contributed by atoms with Gasteiger partial charge in [0.1, 0.15) is 0 Å². The molecule has 0 bridgehead atoms. The van der Waals surface area contributed by atoms with E-state index in [2.05, 4.69) is 6.92 Å². The van der Waals surface area contributed by atoms with Gasteiger partial charge in [-0.1, -0.05) is 26.2 Å². The molecule has 0 saturated carbocycles. The second-order valence-electron chi connectivity index (χ2n) is 1.95. The first-order chi connectivity index (χ1) is 4.41. The summed E-state index contributed by atoms with van der Waals surface area (Å²) >= 11 is 1.59. The van der Waals surface area contributed by atoms with Gasteiger partial charge in [-0.05, 0) is 12.2 Å². The molecule has 0 aliphatic rings. The van der Waals surface area contributed by atoms with Crippen molar-refractivity contribution in [2.24, 2.45) is 0 Å². The van der Waals surface area contributed by atoms with E-state index < -0.39 is 0 Å². The van der Waals surface area contributed by atoms with Crippen molar-refractivity contribution in [1.29, 1.82) is 0 Å². The fourth-order valence-corrected chi connectivity index (χ4v) is 1.16. The molecule has 0 amide bonds. The maximum Gasteiger partial charge on any atom is 0.0885 e. The van der Waals surface area contributed by atoms with Crippen LogP contribution in [0.4, 0.5) is 0 Å². The van der Waals surface area contributed by atoms with Crippen LogP contribution in [0.25, 0.3) is 0 Å². The van der Waals surface area contributed by atoms with Crippen LogP contribution in [0.5, 0.6) is 0 Å². The van der Waals surface area contributed by atoms with E-state index in [1.165, 1.54) is 19.3 Å². The summed E-state index contributed by atoms with van der Waals surface area (Å²) in [4.78, 5) is 0. The van der Waals surface area contributed by atoms with Crippen LogP contribution in [0, 0.1) is 6.92 Å². The minimum atomic E-state index is 0.268. The Morgan fingerprint density at radius 2 is 2.00 bits per heavy atom. The number of rotatable bonds is 6. The third-order valence-corrected chi connectivity index (χ3v) is 1.89. The summed E-state index contributed by atoms with van der Waals surface area (Å²) in [5, 5.41) is 8.37. The summed E-state index contributed by atoms with van der Waals surface area (Å²) in [7, 11) is 0. The van der Waals surface area contributed by atoms with Crippen molar-refractivity contribution < 1.29 is 5.11 Å². The molecular weight excluding hydrogens is 132 g/mol. The maximum absolute atomic E-state index is 8.37. The monoisotopic (exact) mass is 147 g/mol. The van der Waals surface area contributed by atoms with E-state index in [4.69, 9.17) is 5.11 Å². The van der Waals surface area contributed by atoms with Gasteiger partial charge in [-0.3, -0.25) is 0 Å². The Hall–Kier alpha value is 0.310. The number of hydrogen-bond donors (Lipinski definition) is 1. The lowest BCUT2D eigenvalue weighted by Crippen LogP contribution is -1.81. The molecule has 1 nitrogen and oxygen atoms in total. The molecule has 0 fully saturated rings. The van der Waals surface area contributed by atoms with E-state index in [1.807, 2.05) is 0 Å². The van der Waals surface area contributed by atoms with Crippen molar-refractivity contribution in [3.05, 3.63) is 6.92 Å². The topological polar surface area (TPSA) is 20.2 Å². The van der Waals surface area contributed by atoms with Crippen LogP contribution in [0.2, 0.25) is 0 Å². The molecular formula is C7H15OS. The third-order valence-electron chi connectivity index (χ3n) is 1.13. The second kappa shape index (κ2) is 8.31. The highest BCUT2D eigenvalue weighted by atomic mass is 32.2. The van der Waals surface area contributed by atoms with Crippen LogP contribution in [0.3, 0.4) is 0 Å². The number of aliphatic hydroxyl groups is 1. The van der Waals surface area contributed by atoms with Crippen molar-refractivity contribution in [2.75, 3.05) is 11.7 Å². The minimum absolute atomic E-state index is 0.268. The molecule has 1 radical (unpaired) electrons. The van der Waals surface area contributed by atoms with Crippen molar-refractivity contribution in [2.45, 2.75) is 25.7 Å². The summed E-state index contributed by atoms with van der Waals surface area (Å²) in [5.41, 5.74) is 0. The summed E-state index contributed by atoms with van der Waals surface area (Å²) in [6, 6.07) is 0. The Kier molecular flexibility index (Phi) is 8.60. The first kappa shape index (κ1) is 9.31. The normalized spacial score (nSPS) is 10.0. The van der Waals surface area contributed by atoms with Gasteiger partial charge in [0.05, 0.1) is 5.94 Å². The Morgan fingerprint density at radius 1 is 1.22 bits per heavy atom. The first-order valence-corrected chi connectivity index (χ1v) is 4.55. The van der Waals surface area contributed by atoms with Gasteiger partial charge in [0.2, 0.25) is 0 Å². The lowest BCUT2D eigenvalue weighted by molar-refractivity contribution is 0.375. The Balaban J connectivity index is 2.60. The molecule has 2 heteroatoms. The average molecular weight is 147 g/mol. The van der Waals surface area contributed by atoms with E-state index in [0.29, 0.717) is 0 Å². The summed E-state index contributed by atoms with van der Waals surface area (Å²) in [6.07, 6.45) is 4.76. The molecule has 0 aliphatic carbocycles. The zero-order valence-corrected chi connectivity index (χ0v) is 6.62. The highest BCUT2D eigenvalue weighted by molar-refractivity contribution is 7.99. The predicted octanol–water partition coefficient (Wildman–Crippen LogP) is 2.06. The molecule has 0 unspecified atom stereocenters. The molecule has 1 N–H and O–H groups in total. The van der Waals surface area contributed by atoms with Gasteiger partial charge in [-0.15, -0.1) is 11.8 Å². The molecule has 0 saturated heterocycles. The van der Waals surface area contributed by atoms with Crippen molar-refractivity contribution >= 4 is 11.8 Å². The van der Waals surface area contributed by atoms with Crippen molar-refractivity contribution in [1.82, 2.24) is 0 Å². The van der Waals surface area contributed by atoms with Crippen molar-refractivity contribution in [3.8, 4) is 0 Å². The predicted molar refractivity (Wildman–Crippen MR) is 43.4 cm³/mol. The van der Waals surface area contributed by atoms with E-state index >= 15 is 0 Å².